The molecule has 0 aromatic heterocycles. The SMILES string of the molecule is CCCN(C(=O)COCCOc1ccccc1)C1CCNC1. The van der Waals surface area contributed by atoms with Gasteiger partial charge in [0, 0.05) is 19.1 Å². The van der Waals surface area contributed by atoms with Crippen LogP contribution in [-0.2, 0) is 9.53 Å². The summed E-state index contributed by atoms with van der Waals surface area (Å²) in [6, 6.07) is 9.93. The zero-order valence-corrected chi connectivity index (χ0v) is 13.3. The lowest BCUT2D eigenvalue weighted by atomic mass is 10.2. The number of nitrogens with one attached hydrogen (secondary N) is 1. The van der Waals surface area contributed by atoms with Crippen LogP contribution in [0.25, 0.3) is 0 Å². The van der Waals surface area contributed by atoms with Gasteiger partial charge in [0.05, 0.1) is 6.61 Å². The molecule has 1 heterocycles. The first-order chi connectivity index (χ1) is 10.8. The zero-order chi connectivity index (χ0) is 15.6. The highest BCUT2D eigenvalue weighted by Gasteiger charge is 2.25. The molecule has 1 aliphatic heterocycles. The Morgan fingerprint density at radius 2 is 2.14 bits per heavy atom. The average Bonchev–Trinajstić information content (AvgIpc) is 3.07. The van der Waals surface area contributed by atoms with Crippen LogP contribution in [0.1, 0.15) is 19.8 Å². The van der Waals surface area contributed by atoms with E-state index in [-0.39, 0.29) is 12.5 Å². The number of rotatable bonds is 9. The van der Waals surface area contributed by atoms with Crippen molar-refractivity contribution in [2.24, 2.45) is 0 Å². The van der Waals surface area contributed by atoms with Gasteiger partial charge in [-0.15, -0.1) is 0 Å². The highest BCUT2D eigenvalue weighted by atomic mass is 16.5. The van der Waals surface area contributed by atoms with Crippen LogP contribution in [0.3, 0.4) is 0 Å². The highest BCUT2D eigenvalue weighted by Crippen LogP contribution is 2.10. The van der Waals surface area contributed by atoms with Crippen LogP contribution >= 0.6 is 0 Å². The van der Waals surface area contributed by atoms with E-state index in [4.69, 9.17) is 9.47 Å². The molecule has 1 aromatic rings. The van der Waals surface area contributed by atoms with E-state index in [1.165, 1.54) is 0 Å². The lowest BCUT2D eigenvalue weighted by Crippen LogP contribution is -2.44. The van der Waals surface area contributed by atoms with E-state index in [2.05, 4.69) is 12.2 Å². The van der Waals surface area contributed by atoms with Gasteiger partial charge in [-0.3, -0.25) is 4.79 Å². The van der Waals surface area contributed by atoms with Gasteiger partial charge in [0.15, 0.2) is 0 Å². The molecule has 0 bridgehead atoms. The molecule has 1 unspecified atom stereocenters. The minimum Gasteiger partial charge on any atom is -0.491 e. The second-order valence-electron chi connectivity index (χ2n) is 5.45. The summed E-state index contributed by atoms with van der Waals surface area (Å²) >= 11 is 0. The van der Waals surface area contributed by atoms with Crippen molar-refractivity contribution in [2.75, 3.05) is 39.5 Å². The van der Waals surface area contributed by atoms with E-state index in [0.717, 1.165) is 38.2 Å². The maximum atomic E-state index is 12.3. The number of benzene rings is 1. The number of para-hydroxylation sites is 1. The van der Waals surface area contributed by atoms with Crippen LogP contribution in [0.4, 0.5) is 0 Å². The number of hydrogen-bond acceptors (Lipinski definition) is 4. The summed E-state index contributed by atoms with van der Waals surface area (Å²) in [5.74, 6) is 0.900. The second kappa shape index (κ2) is 9.43. The largest absolute Gasteiger partial charge is 0.491 e. The molecule has 1 atom stereocenters. The fraction of sp³-hybridized carbons (Fsp3) is 0.588. The summed E-state index contributed by atoms with van der Waals surface area (Å²) in [5, 5.41) is 3.31. The van der Waals surface area contributed by atoms with E-state index in [1.54, 1.807) is 0 Å². The van der Waals surface area contributed by atoms with E-state index in [9.17, 15) is 4.79 Å². The van der Waals surface area contributed by atoms with Crippen molar-refractivity contribution >= 4 is 5.91 Å². The summed E-state index contributed by atoms with van der Waals surface area (Å²) < 4.78 is 11.0. The van der Waals surface area contributed by atoms with E-state index in [1.807, 2.05) is 35.2 Å². The molecular weight excluding hydrogens is 280 g/mol. The molecule has 2 rings (SSSR count). The Kier molecular flexibility index (Phi) is 7.19. The van der Waals surface area contributed by atoms with E-state index in [0.29, 0.717) is 19.3 Å². The van der Waals surface area contributed by atoms with Crippen molar-refractivity contribution in [1.82, 2.24) is 10.2 Å². The first-order valence-corrected chi connectivity index (χ1v) is 8.07. The van der Waals surface area contributed by atoms with Crippen LogP contribution in [0.5, 0.6) is 5.75 Å². The van der Waals surface area contributed by atoms with E-state index >= 15 is 0 Å². The van der Waals surface area contributed by atoms with Gasteiger partial charge >= 0.3 is 0 Å². The maximum absolute atomic E-state index is 12.3. The van der Waals surface area contributed by atoms with Gasteiger partial charge in [-0.2, -0.15) is 0 Å². The maximum Gasteiger partial charge on any atom is 0.248 e. The van der Waals surface area contributed by atoms with Gasteiger partial charge in [-0.25, -0.2) is 0 Å². The van der Waals surface area contributed by atoms with Gasteiger partial charge in [0.2, 0.25) is 5.91 Å². The number of amides is 1. The van der Waals surface area contributed by atoms with Gasteiger partial charge in [0.25, 0.3) is 0 Å². The third-order valence-corrected chi connectivity index (χ3v) is 3.73. The Balaban J connectivity index is 1.65. The molecule has 22 heavy (non-hydrogen) atoms. The number of carbonyl (C=O) groups excluding carboxylic acids is 1. The first kappa shape index (κ1) is 16.8. The standard InChI is InChI=1S/C17H26N2O3/c1-2-10-19(15-8-9-18-13-15)17(20)14-21-11-12-22-16-6-4-3-5-7-16/h3-7,15,18H,2,8-14H2,1H3. The molecule has 5 heteroatoms. The molecule has 0 saturated carbocycles. The molecule has 1 fully saturated rings. The van der Waals surface area contributed by atoms with Gasteiger partial charge < -0.3 is 19.7 Å². The van der Waals surface area contributed by atoms with Crippen LogP contribution in [0.2, 0.25) is 0 Å². The minimum absolute atomic E-state index is 0.0789. The van der Waals surface area contributed by atoms with Crippen LogP contribution in [-0.4, -0.2) is 56.3 Å². The summed E-state index contributed by atoms with van der Waals surface area (Å²) in [5.41, 5.74) is 0. The summed E-state index contributed by atoms with van der Waals surface area (Å²) in [6.45, 7) is 5.79. The van der Waals surface area contributed by atoms with Crippen LogP contribution in [0.15, 0.2) is 30.3 Å². The molecular formula is C17H26N2O3. The fourth-order valence-corrected chi connectivity index (χ4v) is 2.63. The van der Waals surface area contributed by atoms with Crippen LogP contribution < -0.4 is 10.1 Å². The lowest BCUT2D eigenvalue weighted by Gasteiger charge is -2.28. The quantitative estimate of drug-likeness (QED) is 0.705. The normalized spacial score (nSPS) is 17.4. The second-order valence-corrected chi connectivity index (χ2v) is 5.45. The van der Waals surface area contributed by atoms with Gasteiger partial charge in [-0.1, -0.05) is 25.1 Å². The first-order valence-electron chi connectivity index (χ1n) is 8.07. The van der Waals surface area contributed by atoms with Crippen molar-refractivity contribution in [3.8, 4) is 5.75 Å². The number of hydrogen-bond donors (Lipinski definition) is 1. The van der Waals surface area contributed by atoms with Crippen molar-refractivity contribution in [1.29, 1.82) is 0 Å². The Morgan fingerprint density at radius 1 is 1.32 bits per heavy atom. The molecule has 1 N–H and O–H groups in total. The monoisotopic (exact) mass is 306 g/mol. The highest BCUT2D eigenvalue weighted by molar-refractivity contribution is 5.77. The van der Waals surface area contributed by atoms with Gasteiger partial charge in [-0.05, 0) is 31.5 Å². The zero-order valence-electron chi connectivity index (χ0n) is 13.3. The molecule has 1 amide bonds. The topological polar surface area (TPSA) is 50.8 Å². The third-order valence-electron chi connectivity index (χ3n) is 3.73. The fourth-order valence-electron chi connectivity index (χ4n) is 2.63. The van der Waals surface area contributed by atoms with Crippen molar-refractivity contribution in [2.45, 2.75) is 25.8 Å². The molecule has 1 aliphatic rings. The Labute approximate surface area is 132 Å². The number of nitrogens with zero attached hydrogens (tertiary/aromatic N) is 1. The molecule has 1 saturated heterocycles. The van der Waals surface area contributed by atoms with Gasteiger partial charge in [0.1, 0.15) is 19.0 Å². The van der Waals surface area contributed by atoms with Crippen molar-refractivity contribution < 1.29 is 14.3 Å². The minimum atomic E-state index is 0.0789. The molecule has 0 aliphatic carbocycles. The number of carbonyl (C=O) groups is 1. The average molecular weight is 306 g/mol. The van der Waals surface area contributed by atoms with Crippen molar-refractivity contribution in [3.05, 3.63) is 30.3 Å². The predicted molar refractivity (Wildman–Crippen MR) is 86.0 cm³/mol. The third kappa shape index (κ3) is 5.31. The van der Waals surface area contributed by atoms with Crippen LogP contribution in [0, 0.1) is 0 Å². The molecule has 0 radical (unpaired) electrons. The Bertz CT molecular complexity index is 433. The molecule has 5 nitrogen and oxygen atoms in total. The predicted octanol–water partition coefficient (Wildman–Crippen LogP) is 1.68. The molecule has 1 aromatic carbocycles. The lowest BCUT2D eigenvalue weighted by molar-refractivity contribution is -0.138. The summed E-state index contributed by atoms with van der Waals surface area (Å²) in [4.78, 5) is 14.2. The Morgan fingerprint density at radius 3 is 2.82 bits per heavy atom. The van der Waals surface area contributed by atoms with E-state index < -0.39 is 0 Å². The number of ether oxygens (including phenoxy) is 2. The smallest absolute Gasteiger partial charge is 0.248 e. The summed E-state index contributed by atoms with van der Waals surface area (Å²) in [6.07, 6.45) is 2.00. The van der Waals surface area contributed by atoms with Crippen molar-refractivity contribution in [3.63, 3.8) is 0 Å². The molecule has 122 valence electrons. The summed E-state index contributed by atoms with van der Waals surface area (Å²) in [7, 11) is 0. The molecule has 0 spiro atoms. The Hall–Kier alpha value is -1.59.